The molecule has 0 saturated heterocycles. The first-order chi connectivity index (χ1) is 10.9. The van der Waals surface area contributed by atoms with Gasteiger partial charge in [0.1, 0.15) is 0 Å². The van der Waals surface area contributed by atoms with Crippen molar-refractivity contribution in [2.45, 2.75) is 26.2 Å². The Labute approximate surface area is 135 Å². The van der Waals surface area contributed by atoms with Crippen LogP contribution in [0.1, 0.15) is 26.3 Å². The van der Waals surface area contributed by atoms with Gasteiger partial charge >= 0.3 is 11.9 Å². The fraction of sp³-hybridized carbons (Fsp3) is 0.471. The van der Waals surface area contributed by atoms with Gasteiger partial charge < -0.3 is 14.4 Å². The summed E-state index contributed by atoms with van der Waals surface area (Å²) in [6.45, 7) is 5.09. The monoisotopic (exact) mass is 319 g/mol. The molecule has 0 radical (unpaired) electrons. The van der Waals surface area contributed by atoms with Gasteiger partial charge in [0.25, 0.3) is 0 Å². The summed E-state index contributed by atoms with van der Waals surface area (Å²) in [6.07, 6.45) is 0. The maximum atomic E-state index is 12.8. The standard InChI is InChI=1S/C17H21NO5/c1-5-22-15(20)17(16(21)23-6-2)11(3)14(19)18(4)13-10-8-7-9-12(13)17/h7-11H,5-6H2,1-4H3. The van der Waals surface area contributed by atoms with Crippen molar-refractivity contribution < 1.29 is 23.9 Å². The van der Waals surface area contributed by atoms with E-state index in [1.54, 1.807) is 52.1 Å². The Morgan fingerprint density at radius 1 is 1.13 bits per heavy atom. The molecule has 1 aliphatic heterocycles. The summed E-state index contributed by atoms with van der Waals surface area (Å²) < 4.78 is 10.3. The summed E-state index contributed by atoms with van der Waals surface area (Å²) in [5, 5.41) is 0. The number of para-hydroxylation sites is 1. The molecule has 1 atom stereocenters. The number of anilines is 1. The fourth-order valence-electron chi connectivity index (χ4n) is 3.07. The number of nitrogens with zero attached hydrogens (tertiary/aromatic N) is 1. The molecular weight excluding hydrogens is 298 g/mol. The van der Waals surface area contributed by atoms with Gasteiger partial charge in [-0.25, -0.2) is 0 Å². The molecule has 1 aromatic carbocycles. The van der Waals surface area contributed by atoms with Crippen LogP contribution in [0.15, 0.2) is 24.3 Å². The lowest BCUT2D eigenvalue weighted by atomic mass is 9.67. The van der Waals surface area contributed by atoms with Gasteiger partial charge in [-0.1, -0.05) is 25.1 Å². The molecule has 1 unspecified atom stereocenters. The minimum atomic E-state index is -1.77. The van der Waals surface area contributed by atoms with Crippen LogP contribution in [0.25, 0.3) is 0 Å². The minimum absolute atomic E-state index is 0.110. The van der Waals surface area contributed by atoms with Crippen LogP contribution < -0.4 is 4.90 Å². The highest BCUT2D eigenvalue weighted by Crippen LogP contribution is 2.45. The van der Waals surface area contributed by atoms with E-state index in [0.29, 0.717) is 11.3 Å². The van der Waals surface area contributed by atoms with Gasteiger partial charge in [0.05, 0.1) is 19.1 Å². The van der Waals surface area contributed by atoms with Crippen LogP contribution in [-0.4, -0.2) is 38.1 Å². The van der Waals surface area contributed by atoms with Crippen LogP contribution in [0.4, 0.5) is 5.69 Å². The van der Waals surface area contributed by atoms with E-state index in [9.17, 15) is 14.4 Å². The summed E-state index contributed by atoms with van der Waals surface area (Å²) in [7, 11) is 1.62. The number of esters is 2. The highest BCUT2D eigenvalue weighted by molar-refractivity contribution is 6.16. The van der Waals surface area contributed by atoms with E-state index in [2.05, 4.69) is 0 Å². The third-order valence-electron chi connectivity index (χ3n) is 4.24. The lowest BCUT2D eigenvalue weighted by Crippen LogP contribution is -2.59. The quantitative estimate of drug-likeness (QED) is 0.623. The molecule has 1 aliphatic rings. The molecule has 0 aromatic heterocycles. The molecule has 1 heterocycles. The van der Waals surface area contributed by atoms with Crippen molar-refractivity contribution in [1.29, 1.82) is 0 Å². The average molecular weight is 319 g/mol. The molecule has 0 fully saturated rings. The van der Waals surface area contributed by atoms with Gasteiger partial charge in [-0.3, -0.25) is 14.4 Å². The third kappa shape index (κ3) is 2.38. The maximum Gasteiger partial charge on any atom is 0.328 e. The zero-order valence-electron chi connectivity index (χ0n) is 13.8. The van der Waals surface area contributed by atoms with E-state index >= 15 is 0 Å². The normalized spacial score (nSPS) is 19.0. The molecule has 1 aromatic rings. The number of carbonyl (C=O) groups is 3. The highest BCUT2D eigenvalue weighted by atomic mass is 16.6. The van der Waals surface area contributed by atoms with E-state index < -0.39 is 23.3 Å². The highest BCUT2D eigenvalue weighted by Gasteiger charge is 2.61. The zero-order chi connectivity index (χ0) is 17.2. The van der Waals surface area contributed by atoms with Crippen molar-refractivity contribution in [3.8, 4) is 0 Å². The topological polar surface area (TPSA) is 72.9 Å². The van der Waals surface area contributed by atoms with Crippen molar-refractivity contribution in [3.63, 3.8) is 0 Å². The summed E-state index contributed by atoms with van der Waals surface area (Å²) in [5.74, 6) is -2.75. The van der Waals surface area contributed by atoms with E-state index in [1.807, 2.05) is 0 Å². The number of hydrogen-bond acceptors (Lipinski definition) is 5. The Balaban J connectivity index is 2.77. The Kier molecular flexibility index (Phi) is 4.73. The van der Waals surface area contributed by atoms with Crippen LogP contribution >= 0.6 is 0 Å². The molecule has 0 saturated carbocycles. The minimum Gasteiger partial charge on any atom is -0.465 e. The molecule has 6 nitrogen and oxygen atoms in total. The second kappa shape index (κ2) is 6.40. The molecule has 23 heavy (non-hydrogen) atoms. The first-order valence-corrected chi connectivity index (χ1v) is 7.64. The molecule has 6 heteroatoms. The van der Waals surface area contributed by atoms with Gasteiger partial charge in [-0.15, -0.1) is 0 Å². The van der Waals surface area contributed by atoms with Crippen molar-refractivity contribution in [2.24, 2.45) is 5.92 Å². The van der Waals surface area contributed by atoms with E-state index in [1.165, 1.54) is 4.90 Å². The van der Waals surface area contributed by atoms with Gasteiger partial charge in [-0.05, 0) is 19.9 Å². The van der Waals surface area contributed by atoms with Crippen LogP contribution in [0.3, 0.4) is 0 Å². The number of benzene rings is 1. The SMILES string of the molecule is CCOC(=O)C1(C(=O)OCC)c2ccccc2N(C)C(=O)C1C. The number of amides is 1. The second-order valence-electron chi connectivity index (χ2n) is 5.39. The lowest BCUT2D eigenvalue weighted by Gasteiger charge is -2.42. The molecule has 0 N–H and O–H groups in total. The molecule has 124 valence electrons. The number of ether oxygens (including phenoxy) is 2. The molecule has 0 bridgehead atoms. The van der Waals surface area contributed by atoms with E-state index in [4.69, 9.17) is 9.47 Å². The number of rotatable bonds is 4. The molecular formula is C17H21NO5. The van der Waals surface area contributed by atoms with Crippen molar-refractivity contribution in [3.05, 3.63) is 29.8 Å². The van der Waals surface area contributed by atoms with Crippen molar-refractivity contribution in [2.75, 3.05) is 25.2 Å². The van der Waals surface area contributed by atoms with Crippen molar-refractivity contribution in [1.82, 2.24) is 0 Å². The first-order valence-electron chi connectivity index (χ1n) is 7.64. The fourth-order valence-corrected chi connectivity index (χ4v) is 3.07. The third-order valence-corrected chi connectivity index (χ3v) is 4.24. The van der Waals surface area contributed by atoms with Crippen LogP contribution in [0, 0.1) is 5.92 Å². The van der Waals surface area contributed by atoms with Crippen molar-refractivity contribution >= 4 is 23.5 Å². The number of fused-ring (bicyclic) bond motifs is 1. The lowest BCUT2D eigenvalue weighted by molar-refractivity contribution is -0.170. The maximum absolute atomic E-state index is 12.8. The average Bonchev–Trinajstić information content (AvgIpc) is 2.54. The number of hydrogen-bond donors (Lipinski definition) is 0. The molecule has 0 aliphatic carbocycles. The first kappa shape index (κ1) is 17.0. The predicted octanol–water partition coefficient (Wildman–Crippen LogP) is 1.66. The summed E-state index contributed by atoms with van der Waals surface area (Å²) >= 11 is 0. The summed E-state index contributed by atoms with van der Waals surface area (Å²) in [6, 6.07) is 6.84. The second-order valence-corrected chi connectivity index (χ2v) is 5.39. The Bertz CT molecular complexity index is 622. The number of carbonyl (C=O) groups excluding carboxylic acids is 3. The summed E-state index contributed by atoms with van der Waals surface area (Å²) in [4.78, 5) is 39.6. The van der Waals surface area contributed by atoms with Gasteiger partial charge in [0.15, 0.2) is 0 Å². The Morgan fingerprint density at radius 2 is 1.65 bits per heavy atom. The largest absolute Gasteiger partial charge is 0.465 e. The Morgan fingerprint density at radius 3 is 2.17 bits per heavy atom. The van der Waals surface area contributed by atoms with E-state index in [-0.39, 0.29) is 19.1 Å². The van der Waals surface area contributed by atoms with Gasteiger partial charge in [0, 0.05) is 18.3 Å². The summed E-state index contributed by atoms with van der Waals surface area (Å²) in [5.41, 5.74) is -0.824. The van der Waals surface area contributed by atoms with Gasteiger partial charge in [-0.2, -0.15) is 0 Å². The van der Waals surface area contributed by atoms with Crippen LogP contribution in [0.5, 0.6) is 0 Å². The molecule has 1 amide bonds. The molecule has 0 spiro atoms. The van der Waals surface area contributed by atoms with E-state index in [0.717, 1.165) is 0 Å². The molecule has 2 rings (SSSR count). The smallest absolute Gasteiger partial charge is 0.328 e. The Hall–Kier alpha value is -2.37. The predicted molar refractivity (Wildman–Crippen MR) is 84.0 cm³/mol. The van der Waals surface area contributed by atoms with Crippen LogP contribution in [-0.2, 0) is 29.3 Å². The van der Waals surface area contributed by atoms with Crippen LogP contribution in [0.2, 0.25) is 0 Å². The van der Waals surface area contributed by atoms with Gasteiger partial charge in [0.2, 0.25) is 11.3 Å². The zero-order valence-corrected chi connectivity index (χ0v) is 13.8.